The molecule has 0 fully saturated rings. The monoisotopic (exact) mass is 362 g/mol. The molecule has 6 heteroatoms. The van der Waals surface area contributed by atoms with Crippen LogP contribution in [0.3, 0.4) is 0 Å². The highest BCUT2D eigenvalue weighted by atomic mass is 16.7. The van der Waals surface area contributed by atoms with Crippen molar-refractivity contribution in [2.24, 2.45) is 0 Å². The number of hydrogen-bond donors (Lipinski definition) is 1. The molecule has 0 saturated carbocycles. The number of fused-ring (bicyclic) bond motifs is 1. The van der Waals surface area contributed by atoms with Crippen molar-refractivity contribution in [2.45, 2.75) is 20.4 Å². The second-order valence-corrected chi connectivity index (χ2v) is 6.36. The number of nitrogens with zero attached hydrogens (tertiary/aromatic N) is 3. The molecule has 2 aromatic carbocycles. The number of benzene rings is 2. The van der Waals surface area contributed by atoms with E-state index in [1.807, 2.05) is 24.3 Å². The van der Waals surface area contributed by atoms with E-state index in [0.29, 0.717) is 12.5 Å². The van der Waals surface area contributed by atoms with Crippen LogP contribution in [-0.2, 0) is 6.54 Å². The Balaban J connectivity index is 1.50. The quantitative estimate of drug-likeness (QED) is 0.706. The topological polar surface area (TPSA) is 59.5 Å². The summed E-state index contributed by atoms with van der Waals surface area (Å²) in [6.07, 6.45) is 1.78. The summed E-state index contributed by atoms with van der Waals surface area (Å²) >= 11 is 0. The van der Waals surface area contributed by atoms with Crippen LogP contribution >= 0.6 is 0 Å². The summed E-state index contributed by atoms with van der Waals surface area (Å²) in [7, 11) is 0. The fourth-order valence-electron chi connectivity index (χ4n) is 3.09. The number of ether oxygens (including phenoxy) is 2. The molecule has 1 aliphatic heterocycles. The maximum atomic E-state index is 5.43. The van der Waals surface area contributed by atoms with Gasteiger partial charge < -0.3 is 19.7 Å². The Morgan fingerprint density at radius 2 is 1.96 bits per heavy atom. The highest BCUT2D eigenvalue weighted by molar-refractivity contribution is 5.61. The van der Waals surface area contributed by atoms with Crippen LogP contribution in [0.25, 0.3) is 0 Å². The molecule has 27 heavy (non-hydrogen) atoms. The van der Waals surface area contributed by atoms with Gasteiger partial charge in [-0.3, -0.25) is 0 Å². The minimum absolute atomic E-state index is 0.281. The molecule has 6 nitrogen and oxygen atoms in total. The molecule has 0 radical (unpaired) electrons. The van der Waals surface area contributed by atoms with Crippen LogP contribution in [0.1, 0.15) is 18.1 Å². The molecule has 1 aromatic heterocycles. The molecule has 0 amide bonds. The van der Waals surface area contributed by atoms with Gasteiger partial charge in [0.25, 0.3) is 0 Å². The molecule has 3 aromatic rings. The predicted molar refractivity (Wildman–Crippen MR) is 106 cm³/mol. The zero-order valence-electron chi connectivity index (χ0n) is 15.5. The van der Waals surface area contributed by atoms with Gasteiger partial charge in [-0.2, -0.15) is 4.98 Å². The second-order valence-electron chi connectivity index (χ2n) is 6.36. The Bertz CT molecular complexity index is 945. The third-order valence-corrected chi connectivity index (χ3v) is 4.43. The standard InChI is InChI=1S/C21H22N4O2/c1-3-25(17-6-4-5-15(2)11-17)20-9-10-22-21(24-20)23-13-16-7-8-18-19(12-16)27-14-26-18/h4-12H,3,13-14H2,1-2H3,(H,22,23,24). The van der Waals surface area contributed by atoms with Crippen LogP contribution in [0.5, 0.6) is 11.5 Å². The van der Waals surface area contributed by atoms with Crippen LogP contribution in [0, 0.1) is 6.92 Å². The second kappa shape index (κ2) is 7.53. The van der Waals surface area contributed by atoms with Gasteiger partial charge in [-0.05, 0) is 55.3 Å². The smallest absolute Gasteiger partial charge is 0.231 e. The Hall–Kier alpha value is -3.28. The molecular weight excluding hydrogens is 340 g/mol. The molecule has 138 valence electrons. The van der Waals surface area contributed by atoms with Crippen LogP contribution < -0.4 is 19.7 Å². The van der Waals surface area contributed by atoms with Crippen molar-refractivity contribution in [2.75, 3.05) is 23.6 Å². The molecule has 1 aliphatic rings. The average Bonchev–Trinajstić information content (AvgIpc) is 3.15. The first-order chi connectivity index (χ1) is 13.2. The number of nitrogens with one attached hydrogen (secondary N) is 1. The first kappa shape index (κ1) is 17.1. The van der Waals surface area contributed by atoms with Gasteiger partial charge in [0, 0.05) is 25.0 Å². The van der Waals surface area contributed by atoms with Gasteiger partial charge >= 0.3 is 0 Å². The van der Waals surface area contributed by atoms with E-state index in [1.54, 1.807) is 6.20 Å². The van der Waals surface area contributed by atoms with E-state index in [4.69, 9.17) is 9.47 Å². The summed E-state index contributed by atoms with van der Waals surface area (Å²) in [6, 6.07) is 16.2. The molecule has 0 bridgehead atoms. The Morgan fingerprint density at radius 3 is 2.81 bits per heavy atom. The van der Waals surface area contributed by atoms with Crippen LogP contribution in [0.2, 0.25) is 0 Å². The van der Waals surface area contributed by atoms with Gasteiger partial charge in [0.05, 0.1) is 0 Å². The third kappa shape index (κ3) is 3.79. The van der Waals surface area contributed by atoms with Crippen molar-refractivity contribution in [1.29, 1.82) is 0 Å². The van der Waals surface area contributed by atoms with E-state index in [9.17, 15) is 0 Å². The first-order valence-corrected chi connectivity index (χ1v) is 9.02. The van der Waals surface area contributed by atoms with E-state index in [-0.39, 0.29) is 6.79 Å². The van der Waals surface area contributed by atoms with Gasteiger partial charge in [0.15, 0.2) is 11.5 Å². The molecule has 0 spiro atoms. The molecule has 0 saturated heterocycles. The minimum Gasteiger partial charge on any atom is -0.454 e. The van der Waals surface area contributed by atoms with Crippen LogP contribution in [-0.4, -0.2) is 23.3 Å². The normalized spacial score (nSPS) is 12.1. The zero-order valence-corrected chi connectivity index (χ0v) is 15.5. The molecule has 1 N–H and O–H groups in total. The summed E-state index contributed by atoms with van der Waals surface area (Å²) in [5.41, 5.74) is 3.43. The summed E-state index contributed by atoms with van der Waals surface area (Å²) in [6.45, 7) is 5.92. The van der Waals surface area contributed by atoms with Gasteiger partial charge in [0.1, 0.15) is 5.82 Å². The first-order valence-electron chi connectivity index (χ1n) is 9.02. The summed E-state index contributed by atoms with van der Waals surface area (Å²) in [4.78, 5) is 11.2. The largest absolute Gasteiger partial charge is 0.454 e. The maximum Gasteiger partial charge on any atom is 0.231 e. The number of anilines is 3. The Labute approximate surface area is 158 Å². The van der Waals surface area contributed by atoms with Crippen molar-refractivity contribution in [3.63, 3.8) is 0 Å². The fourth-order valence-corrected chi connectivity index (χ4v) is 3.09. The molecule has 0 atom stereocenters. The lowest BCUT2D eigenvalue weighted by atomic mass is 10.2. The van der Waals surface area contributed by atoms with Crippen LogP contribution in [0.15, 0.2) is 54.7 Å². The van der Waals surface area contributed by atoms with E-state index in [1.165, 1.54) is 5.56 Å². The lowest BCUT2D eigenvalue weighted by Crippen LogP contribution is -2.18. The molecule has 4 rings (SSSR count). The minimum atomic E-state index is 0.281. The van der Waals surface area contributed by atoms with Crippen molar-refractivity contribution >= 4 is 17.5 Å². The van der Waals surface area contributed by atoms with Crippen molar-refractivity contribution in [1.82, 2.24) is 9.97 Å². The average molecular weight is 362 g/mol. The van der Waals surface area contributed by atoms with Crippen LogP contribution in [0.4, 0.5) is 17.5 Å². The Kier molecular flexibility index (Phi) is 4.78. The number of aromatic nitrogens is 2. The summed E-state index contributed by atoms with van der Waals surface area (Å²) in [5.74, 6) is 3.02. The van der Waals surface area contributed by atoms with Crippen molar-refractivity contribution < 1.29 is 9.47 Å². The highest BCUT2D eigenvalue weighted by Crippen LogP contribution is 2.32. The number of hydrogen-bond acceptors (Lipinski definition) is 6. The molecule has 0 aliphatic carbocycles. The fraction of sp³-hybridized carbons (Fsp3) is 0.238. The lowest BCUT2D eigenvalue weighted by Gasteiger charge is -2.22. The molecule has 2 heterocycles. The van der Waals surface area contributed by atoms with Crippen molar-refractivity contribution in [3.8, 4) is 11.5 Å². The maximum absolute atomic E-state index is 5.43. The highest BCUT2D eigenvalue weighted by Gasteiger charge is 2.14. The van der Waals surface area contributed by atoms with Gasteiger partial charge in [0.2, 0.25) is 12.7 Å². The zero-order chi connectivity index (χ0) is 18.6. The Morgan fingerprint density at radius 1 is 1.07 bits per heavy atom. The van der Waals surface area contributed by atoms with E-state index < -0.39 is 0 Å². The van der Waals surface area contributed by atoms with Gasteiger partial charge in [-0.15, -0.1) is 0 Å². The van der Waals surface area contributed by atoms with E-state index in [2.05, 4.69) is 58.3 Å². The SMILES string of the molecule is CCN(c1cccc(C)c1)c1ccnc(NCc2ccc3c(c2)OCO3)n1. The third-order valence-electron chi connectivity index (χ3n) is 4.43. The van der Waals surface area contributed by atoms with Gasteiger partial charge in [-0.1, -0.05) is 18.2 Å². The number of aryl methyl sites for hydroxylation is 1. The molecular formula is C21H22N4O2. The predicted octanol–water partition coefficient (Wildman–Crippen LogP) is 4.28. The lowest BCUT2D eigenvalue weighted by molar-refractivity contribution is 0.174. The van der Waals surface area contributed by atoms with Crippen molar-refractivity contribution in [3.05, 3.63) is 65.9 Å². The summed E-state index contributed by atoms with van der Waals surface area (Å²) < 4.78 is 10.8. The molecule has 0 unspecified atom stereocenters. The van der Waals surface area contributed by atoms with E-state index in [0.717, 1.165) is 35.1 Å². The van der Waals surface area contributed by atoms with E-state index >= 15 is 0 Å². The summed E-state index contributed by atoms with van der Waals surface area (Å²) in [5, 5.41) is 3.29. The van der Waals surface area contributed by atoms with Gasteiger partial charge in [-0.25, -0.2) is 4.98 Å². The number of rotatable bonds is 6.